The van der Waals surface area contributed by atoms with Crippen molar-refractivity contribution in [1.82, 2.24) is 16.0 Å². The number of carboxylic acids is 1. The third-order valence-corrected chi connectivity index (χ3v) is 15.3. The maximum absolute atomic E-state index is 12.0. The quantitative estimate of drug-likeness (QED) is 0.00713. The van der Waals surface area contributed by atoms with Gasteiger partial charge < -0.3 is 161 Å². The van der Waals surface area contributed by atoms with E-state index in [2.05, 4.69) is 90.2 Å². The number of nitrogens with zero attached hydrogens (tertiary/aromatic N) is 12. The van der Waals surface area contributed by atoms with Gasteiger partial charge in [0.25, 0.3) is 61.0 Å². The number of aliphatic hydroxyl groups is 3. The summed E-state index contributed by atoms with van der Waals surface area (Å²) in [7, 11) is 0. The number of carbonyl (C=O) groups excluding carboxylic acids is 10. The number of carbonyl (C=O) groups is 11. The van der Waals surface area contributed by atoms with E-state index in [9.17, 15) is 184 Å². The van der Waals surface area contributed by atoms with Crippen LogP contribution in [0.5, 0.6) is 0 Å². The van der Waals surface area contributed by atoms with Gasteiger partial charge in [-0.1, -0.05) is 0 Å². The first kappa shape index (κ1) is 139. The minimum atomic E-state index is -1.64. The summed E-state index contributed by atoms with van der Waals surface area (Å²) in [6, 6.07) is -4.50. The fourth-order valence-electron chi connectivity index (χ4n) is 8.63. The highest BCUT2D eigenvalue weighted by Crippen LogP contribution is 2.15. The van der Waals surface area contributed by atoms with Crippen LogP contribution in [-0.4, -0.2) is 401 Å². The van der Waals surface area contributed by atoms with Crippen LogP contribution in [0.25, 0.3) is 0 Å². The zero-order chi connectivity index (χ0) is 111. The highest BCUT2D eigenvalue weighted by molar-refractivity contribution is 7.80. The number of ketones is 2. The Morgan fingerprint density at radius 3 is 0.760 bits per heavy atom. The predicted octanol–water partition coefficient (Wildman–Crippen LogP) is -4.30. The summed E-state index contributed by atoms with van der Waals surface area (Å²) >= 11 is 4.03. The third kappa shape index (κ3) is 99.9. The Hall–Kier alpha value is -15.6. The number of aliphatic hydroxyl groups excluding tert-OH is 3. The lowest BCUT2D eigenvalue weighted by atomic mass is 10.0. The molecule has 840 valence electrons. The molecule has 0 aliphatic heterocycles. The van der Waals surface area contributed by atoms with Gasteiger partial charge in [-0.2, -0.15) is 12.6 Å². The van der Waals surface area contributed by atoms with Crippen molar-refractivity contribution in [1.29, 1.82) is 0 Å². The average molecular weight is 2170 g/mol. The minimum absolute atomic E-state index is 0.00281. The molecule has 0 aromatic rings. The summed E-state index contributed by atoms with van der Waals surface area (Å²) in [5.41, 5.74) is 0. The van der Waals surface area contributed by atoms with Gasteiger partial charge in [0.15, 0.2) is 24.3 Å². The molecule has 0 aliphatic carbocycles. The summed E-state index contributed by atoms with van der Waals surface area (Å²) in [4.78, 5) is 297. The first-order chi connectivity index (χ1) is 69.2. The second-order valence-electron chi connectivity index (χ2n) is 25.9. The van der Waals surface area contributed by atoms with E-state index in [0.717, 1.165) is 0 Å². The number of esters is 5. The maximum Gasteiger partial charge on any atom is 0.408 e. The predicted molar refractivity (Wildman–Crippen MR) is 447 cm³/mol. The van der Waals surface area contributed by atoms with E-state index in [4.69, 9.17) is 62.3 Å². The molecule has 0 spiro atoms. The molecule has 0 aliphatic rings. The van der Waals surface area contributed by atoms with Gasteiger partial charge in [0.1, 0.15) is 96.9 Å². The van der Waals surface area contributed by atoms with Gasteiger partial charge in [-0.25, -0.2) is 28.8 Å². The van der Waals surface area contributed by atoms with Crippen molar-refractivity contribution in [2.45, 2.75) is 114 Å². The first-order valence-electron chi connectivity index (χ1n) is 41.4. The molecular formula is C65H109N15O65S. The number of unbranched alkanes of at least 4 members (excludes halogenated alkanes) is 4. The van der Waals surface area contributed by atoms with Crippen LogP contribution in [0.4, 0.5) is 14.4 Å². The molecule has 0 fully saturated rings. The molecule has 81 heteroatoms. The fraction of sp³-hybridized carbons (Fsp3) is 0.831. The van der Waals surface area contributed by atoms with Crippen LogP contribution in [0.1, 0.15) is 83.5 Å². The SMILES string of the molecule is O=C(CCCCO[N+](=O)[O-])CC(CO)C(=O)OCCCCO[N+](=O)[O-].O=C(CCCCO[N+](=O)[O-])CC(CS)C(=O)OCCCCO[N+](=O)[O-].O=C(NC(CO)C(=O)OCCOCC(CO[N+](=O)[O-])O[N+](=O)[O-])OCCOCCO[N+](=O)[O-].O=C(NC(CO)C(=O)OCCOCCO[N+](=O)[O-])OCCOCCO[N+](=O)[O-].O=C(O)CC(NC(=O)OCCOCCO[N+](=O)[O-])C(=O)OCCOCC(CO[N+](=O)[O-])O[N+](=O)[O-]. The number of rotatable bonds is 90. The van der Waals surface area contributed by atoms with E-state index in [1.165, 1.54) is 0 Å². The molecular weight excluding hydrogens is 2060 g/mol. The number of hydrogen-bond donors (Lipinski definition) is 8. The molecule has 0 saturated carbocycles. The highest BCUT2D eigenvalue weighted by Gasteiger charge is 2.30. The lowest BCUT2D eigenvalue weighted by Crippen LogP contribution is -2.45. The Morgan fingerprint density at radius 2 is 0.486 bits per heavy atom. The summed E-state index contributed by atoms with van der Waals surface area (Å²) in [5.74, 6) is -7.80. The Kier molecular flexibility index (Phi) is 89.6. The standard InChI is InChI=1S/C14H22N4O17.C13H22N4O16.C13H22N2O10.C13H22N2O9S.C12H21N3O13/c19-12(20)7-11(15-14(22)32-5-1-29-3-6-33-16(23)24)13(21)31-4-2-30-8-10(35-18(27)28)9-34-17(25)26;18-7-11(14-13(20)30-5-1-27-3-6-31-15(21)22)12(19)29-4-2-28-8-10(33-17(25)26)9-32-16(23)24;16-10-11(9-12(17)5-1-2-7-24-14(19)20)13(18)23-6-3-4-8-25-15(21)22;16-12(5-1-2-7-23-14(18)19)9-11(10-25)13(17)22-6-3-4-8-24-15(20)21;16-9-10(11(17)25-5-1-23-3-7-27-14(19)20)13-12(18)26-6-2-24-4-8-28-15(21)22/h10-11H,1-9H2,(H,15,22)(H,19,20);10-11,18H,1-9H2,(H,14,20);11,16H,1-10H2;11,25H,1-10H2;10,16H,1-9H2,(H,13,18). The molecule has 0 saturated heterocycles. The van der Waals surface area contributed by atoms with Crippen LogP contribution >= 0.6 is 12.6 Å². The van der Waals surface area contributed by atoms with Gasteiger partial charge >= 0.3 is 54.1 Å². The topological polar surface area (TPSA) is 1060 Å². The van der Waals surface area contributed by atoms with Crippen molar-refractivity contribution in [3.63, 3.8) is 0 Å². The number of aliphatic carboxylic acids is 1. The minimum Gasteiger partial charge on any atom is -0.481 e. The number of thiol groups is 1. The number of carboxylic acid groups (broad SMARTS) is 1. The fourth-order valence-corrected chi connectivity index (χ4v) is 8.90. The largest absolute Gasteiger partial charge is 0.481 e. The normalized spacial score (nSPS) is 11.6. The van der Waals surface area contributed by atoms with Crippen molar-refractivity contribution >= 4 is 78.3 Å². The van der Waals surface area contributed by atoms with E-state index >= 15 is 0 Å². The molecule has 0 heterocycles. The molecule has 0 radical (unpaired) electrons. The molecule has 7 atom stereocenters. The summed E-state index contributed by atoms with van der Waals surface area (Å²) < 4.78 is 67.6. The molecule has 80 nitrogen and oxygen atoms in total. The lowest BCUT2D eigenvalue weighted by Gasteiger charge is -2.17. The van der Waals surface area contributed by atoms with Gasteiger partial charge in [-0.05, 0) is 51.4 Å². The Balaban J connectivity index is -0.000000571. The van der Waals surface area contributed by atoms with E-state index in [0.29, 0.717) is 51.4 Å². The van der Waals surface area contributed by atoms with Gasteiger partial charge in [-0.15, -0.1) is 121 Å². The monoisotopic (exact) mass is 2170 g/mol. The number of ether oxygens (including phenoxy) is 14. The Labute approximate surface area is 821 Å². The summed E-state index contributed by atoms with van der Waals surface area (Å²) in [6.45, 7) is -9.70. The van der Waals surface area contributed by atoms with Gasteiger partial charge in [0.05, 0.1) is 157 Å². The molecule has 0 bridgehead atoms. The number of nitrogens with one attached hydrogen (secondary N) is 3. The van der Waals surface area contributed by atoms with E-state index < -0.39 is 223 Å². The third-order valence-electron chi connectivity index (χ3n) is 14.9. The van der Waals surface area contributed by atoms with Crippen molar-refractivity contribution in [2.24, 2.45) is 11.8 Å². The Bertz CT molecular complexity index is 3740. The van der Waals surface area contributed by atoms with Gasteiger partial charge in [0.2, 0.25) is 0 Å². The van der Waals surface area contributed by atoms with Crippen molar-refractivity contribution in [3.8, 4) is 0 Å². The lowest BCUT2D eigenvalue weighted by molar-refractivity contribution is -0.790. The zero-order valence-electron chi connectivity index (χ0n) is 76.8. The number of amides is 3. The molecule has 0 rings (SSSR count). The number of hydrogen-bond acceptors (Lipinski definition) is 65. The van der Waals surface area contributed by atoms with Gasteiger partial charge in [0, 0.05) is 31.4 Å². The highest BCUT2D eigenvalue weighted by atomic mass is 32.1. The molecule has 3 amide bonds. The molecule has 7 N–H and O–H groups in total. The Morgan fingerprint density at radius 1 is 0.247 bits per heavy atom. The van der Waals surface area contributed by atoms with Crippen LogP contribution < -0.4 is 16.0 Å². The van der Waals surface area contributed by atoms with Crippen LogP contribution in [0.2, 0.25) is 0 Å². The first-order valence-corrected chi connectivity index (χ1v) is 42.0. The van der Waals surface area contributed by atoms with Crippen LogP contribution in [0.15, 0.2) is 0 Å². The molecule has 0 aromatic carbocycles. The van der Waals surface area contributed by atoms with Crippen LogP contribution in [0, 0.1) is 133 Å². The second kappa shape index (κ2) is 94.3. The average Bonchev–Trinajstić information content (AvgIpc) is 0.926. The number of alkyl carbamates (subject to hydrolysis) is 3. The van der Waals surface area contributed by atoms with E-state index in [1.807, 2.05) is 10.6 Å². The van der Waals surface area contributed by atoms with E-state index in [1.54, 1.807) is 0 Å². The maximum atomic E-state index is 12.0. The van der Waals surface area contributed by atoms with Crippen LogP contribution in [0.3, 0.4) is 0 Å². The second-order valence-corrected chi connectivity index (χ2v) is 26.2. The molecule has 0 aromatic heterocycles. The summed E-state index contributed by atoms with van der Waals surface area (Å²) in [6.07, 6.45) is -3.96. The molecule has 7 unspecified atom stereocenters. The molecule has 146 heavy (non-hydrogen) atoms. The van der Waals surface area contributed by atoms with E-state index in [-0.39, 0.29) is 202 Å². The summed E-state index contributed by atoms with van der Waals surface area (Å²) in [5, 5.41) is 150. The van der Waals surface area contributed by atoms with Gasteiger partial charge in [-0.3, -0.25) is 24.0 Å². The van der Waals surface area contributed by atoms with Crippen molar-refractivity contribution in [3.05, 3.63) is 121 Å². The smallest absolute Gasteiger partial charge is 0.408 e. The zero-order valence-corrected chi connectivity index (χ0v) is 77.7. The van der Waals surface area contributed by atoms with Crippen molar-refractivity contribution in [2.75, 3.05) is 224 Å². The van der Waals surface area contributed by atoms with Crippen molar-refractivity contribution < 1.29 is 259 Å². The number of Topliss-reactive ketones (excluding diaryl/α,β-unsaturated/α-hetero) is 2. The van der Waals surface area contributed by atoms with Crippen LogP contribution in [-0.2, 0) is 163 Å².